The van der Waals surface area contributed by atoms with E-state index in [0.29, 0.717) is 22.4 Å². The van der Waals surface area contributed by atoms with Crippen molar-refractivity contribution in [3.8, 4) is 11.5 Å². The van der Waals surface area contributed by atoms with Crippen LogP contribution in [-0.4, -0.2) is 29.8 Å². The molecule has 25 heavy (non-hydrogen) atoms. The van der Waals surface area contributed by atoms with Crippen LogP contribution < -0.4 is 20.5 Å². The Morgan fingerprint density at radius 2 is 1.96 bits per heavy atom. The van der Waals surface area contributed by atoms with E-state index < -0.39 is 5.91 Å². The SMILES string of the molecule is COc1cc(C(=O)Nn2cnc3ccccc3c2=O)cc(Cl)c1OC. The van der Waals surface area contributed by atoms with E-state index in [9.17, 15) is 9.59 Å². The highest BCUT2D eigenvalue weighted by atomic mass is 35.5. The van der Waals surface area contributed by atoms with Crippen LogP contribution in [0.15, 0.2) is 47.5 Å². The van der Waals surface area contributed by atoms with Crippen molar-refractivity contribution in [2.75, 3.05) is 19.6 Å². The molecule has 1 N–H and O–H groups in total. The zero-order valence-corrected chi connectivity index (χ0v) is 14.2. The number of amides is 1. The van der Waals surface area contributed by atoms with Gasteiger partial charge in [-0.05, 0) is 24.3 Å². The molecule has 8 heteroatoms. The molecule has 1 amide bonds. The number of nitrogens with one attached hydrogen (secondary N) is 1. The van der Waals surface area contributed by atoms with Gasteiger partial charge in [0, 0.05) is 5.56 Å². The Morgan fingerprint density at radius 1 is 1.20 bits per heavy atom. The number of para-hydroxylation sites is 1. The molecule has 0 spiro atoms. The van der Waals surface area contributed by atoms with Crippen LogP contribution in [0.2, 0.25) is 5.02 Å². The van der Waals surface area contributed by atoms with Gasteiger partial charge < -0.3 is 9.47 Å². The van der Waals surface area contributed by atoms with E-state index in [4.69, 9.17) is 21.1 Å². The number of carbonyl (C=O) groups is 1. The second-order valence-electron chi connectivity index (χ2n) is 5.07. The van der Waals surface area contributed by atoms with Gasteiger partial charge in [0.25, 0.3) is 11.5 Å². The molecule has 1 aromatic heterocycles. The summed E-state index contributed by atoms with van der Waals surface area (Å²) in [6, 6.07) is 9.77. The summed E-state index contributed by atoms with van der Waals surface area (Å²) in [4.78, 5) is 29.0. The molecule has 128 valence electrons. The molecule has 0 aliphatic rings. The van der Waals surface area contributed by atoms with Crippen LogP contribution in [0.25, 0.3) is 10.9 Å². The van der Waals surface area contributed by atoms with Crippen LogP contribution >= 0.6 is 11.6 Å². The Morgan fingerprint density at radius 3 is 2.68 bits per heavy atom. The third-order valence-electron chi connectivity index (χ3n) is 3.58. The largest absolute Gasteiger partial charge is 0.493 e. The van der Waals surface area contributed by atoms with Crippen molar-refractivity contribution in [2.45, 2.75) is 0 Å². The molecule has 7 nitrogen and oxygen atoms in total. The number of aromatic nitrogens is 2. The van der Waals surface area contributed by atoms with E-state index in [1.165, 1.54) is 32.7 Å². The minimum absolute atomic E-state index is 0.211. The number of fused-ring (bicyclic) bond motifs is 1. The van der Waals surface area contributed by atoms with Crippen molar-refractivity contribution in [1.29, 1.82) is 0 Å². The average Bonchev–Trinajstić information content (AvgIpc) is 2.63. The van der Waals surface area contributed by atoms with Gasteiger partial charge in [0.2, 0.25) is 0 Å². The number of carbonyl (C=O) groups excluding carboxylic acids is 1. The summed E-state index contributed by atoms with van der Waals surface area (Å²) in [6.45, 7) is 0. The lowest BCUT2D eigenvalue weighted by atomic mass is 10.2. The lowest BCUT2D eigenvalue weighted by Crippen LogP contribution is -2.33. The first-order valence-electron chi connectivity index (χ1n) is 7.24. The lowest BCUT2D eigenvalue weighted by Gasteiger charge is -2.12. The van der Waals surface area contributed by atoms with Crippen LogP contribution in [0.5, 0.6) is 11.5 Å². The molecular weight excluding hydrogens is 346 g/mol. The van der Waals surface area contributed by atoms with Crippen molar-refractivity contribution in [3.63, 3.8) is 0 Å². The highest BCUT2D eigenvalue weighted by molar-refractivity contribution is 6.32. The minimum atomic E-state index is -0.540. The summed E-state index contributed by atoms with van der Waals surface area (Å²) < 4.78 is 11.3. The number of halogens is 1. The zero-order chi connectivity index (χ0) is 18.0. The summed E-state index contributed by atoms with van der Waals surface area (Å²) >= 11 is 6.10. The molecule has 3 aromatic rings. The quantitative estimate of drug-likeness (QED) is 0.773. The average molecular weight is 360 g/mol. The first kappa shape index (κ1) is 16.8. The predicted octanol–water partition coefficient (Wildman–Crippen LogP) is 2.45. The highest BCUT2D eigenvalue weighted by Gasteiger charge is 2.16. The molecule has 0 atom stereocenters. The predicted molar refractivity (Wildman–Crippen MR) is 94.3 cm³/mol. The minimum Gasteiger partial charge on any atom is -0.493 e. The lowest BCUT2D eigenvalue weighted by molar-refractivity contribution is 0.101. The van der Waals surface area contributed by atoms with E-state index in [1.54, 1.807) is 24.3 Å². The standard InChI is InChI=1S/C17H14ClN3O4/c1-24-14-8-10(7-12(18)15(14)25-2)16(22)20-21-9-19-13-6-4-3-5-11(13)17(21)23/h3-9H,1-2H3,(H,20,22). The van der Waals surface area contributed by atoms with Gasteiger partial charge in [-0.25, -0.2) is 9.66 Å². The third-order valence-corrected chi connectivity index (χ3v) is 3.86. The molecular formula is C17H14ClN3O4. The monoisotopic (exact) mass is 359 g/mol. The molecule has 0 aliphatic carbocycles. The molecule has 1 heterocycles. The maximum atomic E-state index is 12.5. The third kappa shape index (κ3) is 3.14. The summed E-state index contributed by atoms with van der Waals surface area (Å²) in [6.07, 6.45) is 1.25. The summed E-state index contributed by atoms with van der Waals surface area (Å²) in [5.41, 5.74) is 2.86. The molecule has 0 aliphatic heterocycles. The van der Waals surface area contributed by atoms with E-state index in [1.807, 2.05) is 0 Å². The number of ether oxygens (including phenoxy) is 2. The molecule has 0 saturated carbocycles. The van der Waals surface area contributed by atoms with E-state index in [-0.39, 0.29) is 16.1 Å². The Bertz CT molecular complexity index is 1020. The van der Waals surface area contributed by atoms with Crippen LogP contribution in [0, 0.1) is 0 Å². The van der Waals surface area contributed by atoms with Gasteiger partial charge in [-0.3, -0.25) is 15.0 Å². The number of hydrogen-bond donors (Lipinski definition) is 1. The van der Waals surface area contributed by atoms with Crippen molar-refractivity contribution in [1.82, 2.24) is 9.66 Å². The molecule has 0 fully saturated rings. The first-order chi connectivity index (χ1) is 12.0. The maximum absolute atomic E-state index is 12.5. The van der Waals surface area contributed by atoms with Gasteiger partial charge in [0.15, 0.2) is 11.5 Å². The van der Waals surface area contributed by atoms with E-state index >= 15 is 0 Å². The fourth-order valence-electron chi connectivity index (χ4n) is 2.37. The summed E-state index contributed by atoms with van der Waals surface area (Å²) in [5, 5.41) is 0.617. The van der Waals surface area contributed by atoms with Crippen LogP contribution in [0.3, 0.4) is 0 Å². The van der Waals surface area contributed by atoms with Gasteiger partial charge in [0.05, 0.1) is 30.1 Å². The van der Waals surface area contributed by atoms with Gasteiger partial charge >= 0.3 is 0 Å². The van der Waals surface area contributed by atoms with Crippen molar-refractivity contribution in [3.05, 3.63) is 63.7 Å². The number of hydrogen-bond acceptors (Lipinski definition) is 5. The van der Waals surface area contributed by atoms with Gasteiger partial charge in [-0.1, -0.05) is 23.7 Å². The molecule has 0 bridgehead atoms. The first-order valence-corrected chi connectivity index (χ1v) is 7.62. The second-order valence-corrected chi connectivity index (χ2v) is 5.48. The van der Waals surface area contributed by atoms with Crippen molar-refractivity contribution >= 4 is 28.4 Å². The highest BCUT2D eigenvalue weighted by Crippen LogP contribution is 2.35. The van der Waals surface area contributed by atoms with Gasteiger partial charge in [0.1, 0.15) is 6.33 Å². The smallest absolute Gasteiger partial charge is 0.280 e. The fraction of sp³-hybridized carbons (Fsp3) is 0.118. The Balaban J connectivity index is 1.97. The van der Waals surface area contributed by atoms with E-state index in [2.05, 4.69) is 10.4 Å². The Kier molecular flexibility index (Phi) is 4.58. The van der Waals surface area contributed by atoms with Gasteiger partial charge in [-0.2, -0.15) is 0 Å². The van der Waals surface area contributed by atoms with Crippen molar-refractivity contribution in [2.24, 2.45) is 0 Å². The van der Waals surface area contributed by atoms with Crippen LogP contribution in [0.4, 0.5) is 0 Å². The molecule has 0 radical (unpaired) electrons. The molecule has 0 unspecified atom stereocenters. The number of rotatable bonds is 4. The molecule has 0 saturated heterocycles. The van der Waals surface area contributed by atoms with Crippen LogP contribution in [-0.2, 0) is 0 Å². The zero-order valence-electron chi connectivity index (χ0n) is 13.4. The van der Waals surface area contributed by atoms with Crippen LogP contribution in [0.1, 0.15) is 10.4 Å². The van der Waals surface area contributed by atoms with E-state index in [0.717, 1.165) is 4.68 Å². The summed E-state index contributed by atoms with van der Waals surface area (Å²) in [5.74, 6) is 0.0939. The molecule has 3 rings (SSSR count). The maximum Gasteiger partial charge on any atom is 0.280 e. The second kappa shape index (κ2) is 6.82. The fourth-order valence-corrected chi connectivity index (χ4v) is 2.66. The van der Waals surface area contributed by atoms with Gasteiger partial charge in [-0.15, -0.1) is 0 Å². The topological polar surface area (TPSA) is 82.5 Å². The summed E-state index contributed by atoms with van der Waals surface area (Å²) in [7, 11) is 2.89. The normalized spacial score (nSPS) is 10.5. The number of benzene rings is 2. The Labute approximate surface area is 147 Å². The Hall–Kier alpha value is -3.06. The van der Waals surface area contributed by atoms with Crippen molar-refractivity contribution < 1.29 is 14.3 Å². The molecule has 2 aromatic carbocycles. The number of nitrogens with zero attached hydrogens (tertiary/aromatic N) is 2. The number of methoxy groups -OCH3 is 2.